The highest BCUT2D eigenvalue weighted by Crippen LogP contribution is 2.37. The predicted octanol–water partition coefficient (Wildman–Crippen LogP) is 5.49. The van der Waals surface area contributed by atoms with Crippen LogP contribution in [0.5, 0.6) is 5.88 Å². The van der Waals surface area contributed by atoms with E-state index in [0.717, 1.165) is 0 Å². The van der Waals surface area contributed by atoms with Crippen molar-refractivity contribution in [2.24, 2.45) is 4.99 Å². The number of halogens is 6. The van der Waals surface area contributed by atoms with E-state index >= 15 is 0 Å². The van der Waals surface area contributed by atoms with Crippen LogP contribution in [0.4, 0.5) is 32.0 Å². The molecule has 0 amide bonds. The summed E-state index contributed by atoms with van der Waals surface area (Å²) in [6.45, 7) is -0.769. The molecule has 1 N–H and O–H groups in total. The topological polar surface area (TPSA) is 67.7 Å². The first-order valence-electron chi connectivity index (χ1n) is 8.99. The van der Waals surface area contributed by atoms with Crippen molar-refractivity contribution < 1.29 is 35.9 Å². The minimum absolute atomic E-state index is 0.0196. The number of rotatable bonds is 3. The van der Waals surface area contributed by atoms with Crippen LogP contribution in [0.25, 0.3) is 11.6 Å². The molecule has 4 rings (SSSR count). The van der Waals surface area contributed by atoms with Gasteiger partial charge in [-0.25, -0.2) is 9.36 Å². The van der Waals surface area contributed by atoms with Crippen molar-refractivity contribution in [2.45, 2.75) is 18.9 Å². The highest BCUT2D eigenvalue weighted by Gasteiger charge is 2.37. The molecule has 1 aliphatic rings. The summed E-state index contributed by atoms with van der Waals surface area (Å²) in [4.78, 5) is 16.3. The second-order valence-corrected chi connectivity index (χ2v) is 6.93. The van der Waals surface area contributed by atoms with E-state index in [1.54, 1.807) is 24.3 Å². The van der Waals surface area contributed by atoms with Gasteiger partial charge in [0.1, 0.15) is 0 Å². The maximum atomic E-state index is 13.1. The largest absolute Gasteiger partial charge is 0.492 e. The monoisotopic (exact) mass is 454 g/mol. The Morgan fingerprint density at radius 3 is 2.25 bits per heavy atom. The lowest BCUT2D eigenvalue weighted by Gasteiger charge is -2.14. The van der Waals surface area contributed by atoms with Crippen LogP contribution in [0.1, 0.15) is 28.0 Å². The van der Waals surface area contributed by atoms with Gasteiger partial charge in [0.15, 0.2) is 5.76 Å². The molecule has 1 aliphatic heterocycles. The highest BCUT2D eigenvalue weighted by atomic mass is 19.4. The van der Waals surface area contributed by atoms with Crippen molar-refractivity contribution >= 4 is 23.6 Å². The lowest BCUT2D eigenvalue weighted by atomic mass is 10.0. The molecule has 0 atom stereocenters. The summed E-state index contributed by atoms with van der Waals surface area (Å²) in [5.41, 5.74) is -1.72. The number of alkyl halides is 6. The Kier molecular flexibility index (Phi) is 4.99. The van der Waals surface area contributed by atoms with Crippen LogP contribution in [0.2, 0.25) is 0 Å². The van der Waals surface area contributed by atoms with E-state index in [0.29, 0.717) is 33.5 Å². The van der Waals surface area contributed by atoms with Crippen molar-refractivity contribution in [1.29, 1.82) is 0 Å². The van der Waals surface area contributed by atoms with Crippen molar-refractivity contribution in [3.63, 3.8) is 0 Å². The first kappa shape index (κ1) is 21.5. The fourth-order valence-electron chi connectivity index (χ4n) is 3.24. The maximum absolute atomic E-state index is 13.1. The zero-order valence-corrected chi connectivity index (χ0v) is 15.8. The number of benzene rings is 2. The van der Waals surface area contributed by atoms with Gasteiger partial charge in [-0.3, -0.25) is 4.99 Å². The zero-order valence-electron chi connectivity index (χ0n) is 15.8. The van der Waals surface area contributed by atoms with Crippen molar-refractivity contribution in [3.8, 4) is 5.88 Å². The average Bonchev–Trinajstić information content (AvgIpc) is 3.23. The summed E-state index contributed by atoms with van der Waals surface area (Å²) in [5.74, 6) is -2.20. The van der Waals surface area contributed by atoms with Gasteiger partial charge in [0.05, 0.1) is 23.4 Å². The van der Waals surface area contributed by atoms with Crippen molar-refractivity contribution in [1.82, 2.24) is 4.57 Å². The molecule has 2 aromatic carbocycles. The summed E-state index contributed by atoms with van der Waals surface area (Å²) in [6.07, 6.45) is -7.31. The van der Waals surface area contributed by atoms with E-state index in [1.807, 2.05) is 0 Å². The standard InChI is InChI=1S/C21H12F6N2O3/c22-20(23,24)13-5-11(6-14(8-13)21(25,26)27)10-29-18(30)17(32-19(29)31)7-12-9-28-16-4-2-1-3-15(12)16/h1-9,30H,10H2. The number of aliphatic imine (C=N–C) groups is 1. The minimum Gasteiger partial charge on any atom is -0.492 e. The average molecular weight is 454 g/mol. The number of hydrogen-bond donors (Lipinski definition) is 1. The van der Waals surface area contributed by atoms with Crippen LogP contribution in [-0.4, -0.2) is 15.9 Å². The maximum Gasteiger partial charge on any atom is 0.422 e. The summed E-state index contributed by atoms with van der Waals surface area (Å²) < 4.78 is 83.9. The predicted molar refractivity (Wildman–Crippen MR) is 103 cm³/mol. The number of hydrogen-bond acceptors (Lipinski definition) is 4. The van der Waals surface area contributed by atoms with Crippen LogP contribution < -0.4 is 5.76 Å². The molecule has 166 valence electrons. The lowest BCUT2D eigenvalue weighted by Crippen LogP contribution is -2.17. The number of fused-ring (bicyclic) bond motifs is 1. The molecule has 0 saturated heterocycles. The first-order valence-corrected chi connectivity index (χ1v) is 8.99. The Labute approximate surface area is 175 Å². The summed E-state index contributed by atoms with van der Waals surface area (Å²) in [7, 11) is 0. The molecule has 0 fully saturated rings. The minimum atomic E-state index is -5.04. The van der Waals surface area contributed by atoms with Crippen LogP contribution in [0.3, 0.4) is 0 Å². The van der Waals surface area contributed by atoms with Crippen LogP contribution in [0.15, 0.2) is 56.7 Å². The Morgan fingerprint density at radius 1 is 1.00 bits per heavy atom. The number of aromatic nitrogens is 1. The van der Waals surface area contributed by atoms with Crippen LogP contribution in [0, 0.1) is 0 Å². The van der Waals surface area contributed by atoms with Gasteiger partial charge in [-0.2, -0.15) is 26.3 Å². The number of para-hydroxylation sites is 1. The molecule has 0 bridgehead atoms. The van der Waals surface area contributed by atoms with E-state index < -0.39 is 47.2 Å². The zero-order chi connectivity index (χ0) is 23.3. The molecule has 2 heterocycles. The highest BCUT2D eigenvalue weighted by molar-refractivity contribution is 6.21. The van der Waals surface area contributed by atoms with E-state index in [9.17, 15) is 36.2 Å². The first-order chi connectivity index (χ1) is 14.9. The second kappa shape index (κ2) is 7.43. The molecule has 32 heavy (non-hydrogen) atoms. The molecule has 0 spiro atoms. The van der Waals surface area contributed by atoms with Crippen molar-refractivity contribution in [2.75, 3.05) is 0 Å². The van der Waals surface area contributed by atoms with Gasteiger partial charge in [0, 0.05) is 17.4 Å². The normalized spacial score (nSPS) is 14.9. The Balaban J connectivity index is 1.73. The van der Waals surface area contributed by atoms with E-state index in [-0.39, 0.29) is 11.8 Å². The van der Waals surface area contributed by atoms with E-state index in [2.05, 4.69) is 4.99 Å². The SMILES string of the molecule is O=c1oc(C=C2C=Nc3ccccc32)c(O)n1Cc1cc(C(F)(F)F)cc(C(F)(F)F)c1. The number of nitrogens with zero attached hydrogens (tertiary/aromatic N) is 2. The summed E-state index contributed by atoms with van der Waals surface area (Å²) >= 11 is 0. The summed E-state index contributed by atoms with van der Waals surface area (Å²) in [6, 6.07) is 7.92. The second-order valence-electron chi connectivity index (χ2n) is 6.93. The number of allylic oxidation sites excluding steroid dienone is 1. The van der Waals surface area contributed by atoms with Gasteiger partial charge in [-0.1, -0.05) is 18.2 Å². The van der Waals surface area contributed by atoms with Gasteiger partial charge in [0.2, 0.25) is 5.88 Å². The number of aromatic hydroxyl groups is 1. The fraction of sp³-hybridized carbons (Fsp3) is 0.143. The van der Waals surface area contributed by atoms with Gasteiger partial charge >= 0.3 is 18.1 Å². The fourth-order valence-corrected chi connectivity index (χ4v) is 3.24. The van der Waals surface area contributed by atoms with E-state index in [4.69, 9.17) is 4.42 Å². The molecule has 5 nitrogen and oxygen atoms in total. The van der Waals surface area contributed by atoms with E-state index in [1.165, 1.54) is 12.3 Å². The Hall–Kier alpha value is -3.76. The molecule has 0 unspecified atom stereocenters. The molecule has 0 radical (unpaired) electrons. The third kappa shape index (κ3) is 4.05. The molecule has 3 aromatic rings. The number of oxazole rings is 1. The Morgan fingerprint density at radius 2 is 1.62 bits per heavy atom. The van der Waals surface area contributed by atoms with Gasteiger partial charge < -0.3 is 9.52 Å². The Bertz CT molecular complexity index is 1280. The summed E-state index contributed by atoms with van der Waals surface area (Å²) in [5, 5.41) is 10.4. The molecular formula is C21H12F6N2O3. The lowest BCUT2D eigenvalue weighted by molar-refractivity contribution is -0.143. The molecule has 11 heteroatoms. The van der Waals surface area contributed by atoms with Gasteiger partial charge in [-0.05, 0) is 35.9 Å². The van der Waals surface area contributed by atoms with Crippen LogP contribution >= 0.6 is 0 Å². The quantitative estimate of drug-likeness (QED) is 0.533. The van der Waals surface area contributed by atoms with Gasteiger partial charge in [0.25, 0.3) is 0 Å². The molecule has 0 saturated carbocycles. The molecule has 1 aromatic heterocycles. The van der Waals surface area contributed by atoms with Crippen LogP contribution in [-0.2, 0) is 18.9 Å². The third-order valence-electron chi connectivity index (χ3n) is 4.73. The van der Waals surface area contributed by atoms with Crippen molar-refractivity contribution in [3.05, 3.63) is 81.0 Å². The molecule has 0 aliphatic carbocycles. The molecular weight excluding hydrogens is 442 g/mol. The smallest absolute Gasteiger partial charge is 0.422 e. The van der Waals surface area contributed by atoms with Gasteiger partial charge in [-0.15, -0.1) is 0 Å². The third-order valence-corrected chi connectivity index (χ3v) is 4.73.